The lowest BCUT2D eigenvalue weighted by Crippen LogP contribution is -2.51. The summed E-state index contributed by atoms with van der Waals surface area (Å²) in [6, 6.07) is -0.0348. The fourth-order valence-electron chi connectivity index (χ4n) is 2.50. The highest BCUT2D eigenvalue weighted by atomic mass is 32.2. The van der Waals surface area contributed by atoms with Crippen LogP contribution >= 0.6 is 0 Å². The van der Waals surface area contributed by atoms with E-state index >= 15 is 0 Å². The molecule has 0 saturated heterocycles. The lowest BCUT2D eigenvalue weighted by Gasteiger charge is -2.36. The predicted octanol–water partition coefficient (Wildman–Crippen LogP) is 0.679. The van der Waals surface area contributed by atoms with Crippen LogP contribution in [0.5, 0.6) is 0 Å². The maximum atomic E-state index is 12.1. The number of hydrogen-bond donors (Lipinski definition) is 2. The normalized spacial score (nSPS) is 26.7. The Morgan fingerprint density at radius 2 is 1.94 bits per heavy atom. The van der Waals surface area contributed by atoms with Crippen LogP contribution in [0.4, 0.5) is 0 Å². The van der Waals surface area contributed by atoms with Crippen molar-refractivity contribution in [2.45, 2.75) is 51.6 Å². The third-order valence-corrected chi connectivity index (χ3v) is 5.20. The molecule has 5 nitrogen and oxygen atoms in total. The van der Waals surface area contributed by atoms with E-state index in [0.717, 1.165) is 25.7 Å². The van der Waals surface area contributed by atoms with E-state index in [1.54, 1.807) is 7.05 Å². The van der Waals surface area contributed by atoms with Crippen molar-refractivity contribution < 1.29 is 8.42 Å². The predicted molar refractivity (Wildman–Crippen MR) is 69.8 cm³/mol. The van der Waals surface area contributed by atoms with Gasteiger partial charge in [-0.25, -0.2) is 0 Å². The van der Waals surface area contributed by atoms with Crippen molar-refractivity contribution in [1.82, 2.24) is 9.03 Å². The minimum absolute atomic E-state index is 0.0463. The summed E-state index contributed by atoms with van der Waals surface area (Å²) in [4.78, 5) is 0. The molecule has 0 aromatic carbocycles. The second-order valence-corrected chi connectivity index (χ2v) is 6.90. The molecule has 0 spiro atoms. The highest BCUT2D eigenvalue weighted by Gasteiger charge is 2.33. The first-order valence-electron chi connectivity index (χ1n) is 6.34. The van der Waals surface area contributed by atoms with E-state index in [-0.39, 0.29) is 18.0 Å². The number of hydrogen-bond acceptors (Lipinski definition) is 3. The van der Waals surface area contributed by atoms with Crippen molar-refractivity contribution in [3.63, 3.8) is 0 Å². The average molecular weight is 263 g/mol. The standard InChI is InChI=1S/C11H25N3O2S/c1-9(2)13-17(15,16)14(3)11-7-5-4-6-10(11)8-12/h9-11,13H,4-8,12H2,1-3H3. The SMILES string of the molecule is CC(C)NS(=O)(=O)N(C)C1CCCCC1CN. The Balaban J connectivity index is 2.76. The highest BCUT2D eigenvalue weighted by Crippen LogP contribution is 2.28. The zero-order valence-electron chi connectivity index (χ0n) is 11.0. The van der Waals surface area contributed by atoms with Gasteiger partial charge in [-0.05, 0) is 39.2 Å². The van der Waals surface area contributed by atoms with Crippen molar-refractivity contribution in [3.8, 4) is 0 Å². The molecule has 0 radical (unpaired) electrons. The number of rotatable bonds is 5. The zero-order valence-corrected chi connectivity index (χ0v) is 11.8. The van der Waals surface area contributed by atoms with Gasteiger partial charge in [0.15, 0.2) is 0 Å². The van der Waals surface area contributed by atoms with Gasteiger partial charge in [-0.1, -0.05) is 12.8 Å². The molecule has 0 bridgehead atoms. The Kier molecular flexibility index (Phi) is 5.37. The Bertz CT molecular complexity index is 330. The fourth-order valence-corrected chi connectivity index (χ4v) is 3.90. The summed E-state index contributed by atoms with van der Waals surface area (Å²) in [5.41, 5.74) is 5.73. The largest absolute Gasteiger partial charge is 0.330 e. The van der Waals surface area contributed by atoms with Crippen molar-refractivity contribution in [2.24, 2.45) is 11.7 Å². The van der Waals surface area contributed by atoms with Gasteiger partial charge in [0, 0.05) is 19.1 Å². The molecule has 1 fully saturated rings. The molecule has 17 heavy (non-hydrogen) atoms. The quantitative estimate of drug-likeness (QED) is 0.766. The van der Waals surface area contributed by atoms with E-state index in [1.165, 1.54) is 4.31 Å². The van der Waals surface area contributed by atoms with E-state index in [2.05, 4.69) is 4.72 Å². The molecule has 1 saturated carbocycles. The molecule has 0 aromatic heterocycles. The summed E-state index contributed by atoms with van der Waals surface area (Å²) >= 11 is 0. The molecular weight excluding hydrogens is 238 g/mol. The van der Waals surface area contributed by atoms with Crippen molar-refractivity contribution in [1.29, 1.82) is 0 Å². The molecule has 0 aliphatic heterocycles. The van der Waals surface area contributed by atoms with E-state index in [1.807, 2.05) is 13.8 Å². The third-order valence-electron chi connectivity index (χ3n) is 3.40. The summed E-state index contributed by atoms with van der Waals surface area (Å²) in [7, 11) is -1.72. The van der Waals surface area contributed by atoms with Gasteiger partial charge >= 0.3 is 0 Å². The van der Waals surface area contributed by atoms with E-state index in [0.29, 0.717) is 6.54 Å². The van der Waals surface area contributed by atoms with Gasteiger partial charge in [0.05, 0.1) is 0 Å². The van der Waals surface area contributed by atoms with Gasteiger partial charge < -0.3 is 5.73 Å². The van der Waals surface area contributed by atoms with E-state index < -0.39 is 10.2 Å². The van der Waals surface area contributed by atoms with Gasteiger partial charge in [-0.3, -0.25) is 0 Å². The first kappa shape index (κ1) is 14.9. The van der Waals surface area contributed by atoms with Gasteiger partial charge in [0.1, 0.15) is 0 Å². The molecule has 102 valence electrons. The van der Waals surface area contributed by atoms with Crippen LogP contribution in [0.15, 0.2) is 0 Å². The molecule has 1 aliphatic rings. The van der Waals surface area contributed by atoms with E-state index in [4.69, 9.17) is 5.73 Å². The first-order chi connectivity index (χ1) is 7.88. The second-order valence-electron chi connectivity index (χ2n) is 5.14. The van der Waals surface area contributed by atoms with E-state index in [9.17, 15) is 8.42 Å². The fraction of sp³-hybridized carbons (Fsp3) is 1.00. The molecular formula is C11H25N3O2S. The number of nitrogens with one attached hydrogen (secondary N) is 1. The molecule has 3 N–H and O–H groups in total. The smallest absolute Gasteiger partial charge is 0.279 e. The second kappa shape index (κ2) is 6.13. The summed E-state index contributed by atoms with van der Waals surface area (Å²) in [5.74, 6) is 0.289. The number of nitrogens with two attached hydrogens (primary N) is 1. The Morgan fingerprint density at radius 3 is 2.47 bits per heavy atom. The minimum Gasteiger partial charge on any atom is -0.330 e. The lowest BCUT2D eigenvalue weighted by atomic mass is 9.85. The Hall–Kier alpha value is -0.170. The molecule has 6 heteroatoms. The summed E-state index contributed by atoms with van der Waals surface area (Å²) in [6.45, 7) is 4.21. The van der Waals surface area contributed by atoms with Crippen molar-refractivity contribution in [2.75, 3.05) is 13.6 Å². The van der Waals surface area contributed by atoms with Crippen LogP contribution in [0.2, 0.25) is 0 Å². The van der Waals surface area contributed by atoms with Gasteiger partial charge in [-0.2, -0.15) is 17.4 Å². The third kappa shape index (κ3) is 3.91. The Morgan fingerprint density at radius 1 is 1.35 bits per heavy atom. The Labute approximate surface area is 105 Å². The van der Waals surface area contributed by atoms with Crippen LogP contribution in [0.25, 0.3) is 0 Å². The van der Waals surface area contributed by atoms with Crippen molar-refractivity contribution in [3.05, 3.63) is 0 Å². The van der Waals surface area contributed by atoms with Crippen molar-refractivity contribution >= 4 is 10.2 Å². The summed E-state index contributed by atoms with van der Waals surface area (Å²) < 4.78 is 28.2. The van der Waals surface area contributed by atoms with Gasteiger partial charge in [0.2, 0.25) is 0 Å². The molecule has 0 heterocycles. The van der Waals surface area contributed by atoms with Crippen LogP contribution in [-0.2, 0) is 10.2 Å². The topological polar surface area (TPSA) is 75.4 Å². The van der Waals surface area contributed by atoms with Crippen LogP contribution in [0, 0.1) is 5.92 Å². The molecule has 0 amide bonds. The number of nitrogens with zero attached hydrogens (tertiary/aromatic N) is 1. The molecule has 2 atom stereocenters. The maximum Gasteiger partial charge on any atom is 0.279 e. The molecule has 1 aliphatic carbocycles. The molecule has 2 unspecified atom stereocenters. The molecule has 1 rings (SSSR count). The average Bonchev–Trinajstić information content (AvgIpc) is 2.26. The minimum atomic E-state index is -3.37. The highest BCUT2D eigenvalue weighted by molar-refractivity contribution is 7.87. The summed E-state index contributed by atoms with van der Waals surface area (Å²) in [6.07, 6.45) is 4.19. The first-order valence-corrected chi connectivity index (χ1v) is 7.78. The summed E-state index contributed by atoms with van der Waals surface area (Å²) in [5, 5.41) is 0. The van der Waals surface area contributed by atoms with Crippen LogP contribution < -0.4 is 10.5 Å². The zero-order chi connectivity index (χ0) is 13.1. The lowest BCUT2D eigenvalue weighted by molar-refractivity contribution is 0.202. The monoisotopic (exact) mass is 263 g/mol. The maximum absolute atomic E-state index is 12.1. The van der Waals surface area contributed by atoms with Gasteiger partial charge in [-0.15, -0.1) is 0 Å². The van der Waals surface area contributed by atoms with Gasteiger partial charge in [0.25, 0.3) is 10.2 Å². The van der Waals surface area contributed by atoms with Crippen LogP contribution in [-0.4, -0.2) is 38.4 Å². The molecule has 0 aromatic rings. The van der Waals surface area contributed by atoms with Crippen LogP contribution in [0.3, 0.4) is 0 Å². The van der Waals surface area contributed by atoms with Crippen LogP contribution in [0.1, 0.15) is 39.5 Å².